The lowest BCUT2D eigenvalue weighted by atomic mass is 10.2. The fourth-order valence-electron chi connectivity index (χ4n) is 2.46. The number of aromatic nitrogens is 2. The first-order chi connectivity index (χ1) is 10.6. The molecule has 22 heavy (non-hydrogen) atoms. The summed E-state index contributed by atoms with van der Waals surface area (Å²) in [7, 11) is 2.16. The van der Waals surface area contributed by atoms with Gasteiger partial charge in [0.1, 0.15) is 5.15 Å². The molecule has 0 atom stereocenters. The second kappa shape index (κ2) is 6.50. The molecule has 0 aliphatic carbocycles. The van der Waals surface area contributed by atoms with Gasteiger partial charge in [-0.1, -0.05) is 17.7 Å². The molecule has 0 bridgehead atoms. The molecule has 0 unspecified atom stereocenters. The van der Waals surface area contributed by atoms with E-state index in [2.05, 4.69) is 44.3 Å². The molecule has 0 spiro atoms. The van der Waals surface area contributed by atoms with E-state index in [0.717, 1.165) is 37.4 Å². The number of aryl methyl sites for hydroxylation is 1. The minimum absolute atomic E-state index is 0.479. The Hall–Kier alpha value is -1.85. The Morgan fingerprint density at radius 1 is 1.18 bits per heavy atom. The molecule has 2 heterocycles. The maximum absolute atomic E-state index is 6.04. The maximum Gasteiger partial charge on any atom is 0.228 e. The third kappa shape index (κ3) is 3.48. The molecule has 5 nitrogen and oxygen atoms in total. The van der Waals surface area contributed by atoms with Crippen molar-refractivity contribution in [2.24, 2.45) is 0 Å². The van der Waals surface area contributed by atoms with Crippen molar-refractivity contribution in [3.63, 3.8) is 0 Å². The van der Waals surface area contributed by atoms with Crippen LogP contribution < -0.4 is 10.2 Å². The third-order valence-electron chi connectivity index (χ3n) is 3.88. The summed E-state index contributed by atoms with van der Waals surface area (Å²) in [5.41, 5.74) is 3.06. The summed E-state index contributed by atoms with van der Waals surface area (Å²) in [5.74, 6) is 0.520. The van der Waals surface area contributed by atoms with Gasteiger partial charge in [-0.15, -0.1) is 0 Å². The molecule has 1 N–H and O–H groups in total. The SMILES string of the molecule is Cc1cnc(Nc2cccc(N3CCN(C)CC3)c2)nc1Cl. The van der Waals surface area contributed by atoms with Crippen molar-refractivity contribution in [1.82, 2.24) is 14.9 Å². The van der Waals surface area contributed by atoms with Crippen LogP contribution in [0.3, 0.4) is 0 Å². The Morgan fingerprint density at radius 2 is 1.95 bits per heavy atom. The van der Waals surface area contributed by atoms with Crippen LogP contribution >= 0.6 is 11.6 Å². The number of piperazine rings is 1. The van der Waals surface area contributed by atoms with Crippen molar-refractivity contribution in [3.05, 3.63) is 41.2 Å². The quantitative estimate of drug-likeness (QED) is 0.882. The summed E-state index contributed by atoms with van der Waals surface area (Å²) in [6.45, 7) is 6.17. The highest BCUT2D eigenvalue weighted by molar-refractivity contribution is 6.30. The van der Waals surface area contributed by atoms with Gasteiger partial charge < -0.3 is 15.1 Å². The second-order valence-electron chi connectivity index (χ2n) is 5.63. The van der Waals surface area contributed by atoms with Crippen molar-refractivity contribution in [2.75, 3.05) is 43.4 Å². The van der Waals surface area contributed by atoms with Crippen LogP contribution in [0, 0.1) is 6.92 Å². The summed E-state index contributed by atoms with van der Waals surface area (Å²) < 4.78 is 0. The lowest BCUT2D eigenvalue weighted by Crippen LogP contribution is -2.44. The summed E-state index contributed by atoms with van der Waals surface area (Å²) in [6.07, 6.45) is 1.72. The van der Waals surface area contributed by atoms with E-state index in [9.17, 15) is 0 Å². The predicted octanol–water partition coefficient (Wildman–Crippen LogP) is 2.93. The summed E-state index contributed by atoms with van der Waals surface area (Å²) in [4.78, 5) is 13.2. The zero-order valence-electron chi connectivity index (χ0n) is 12.9. The highest BCUT2D eigenvalue weighted by Gasteiger charge is 2.14. The average molecular weight is 318 g/mol. The van der Waals surface area contributed by atoms with E-state index < -0.39 is 0 Å². The Kier molecular flexibility index (Phi) is 4.45. The lowest BCUT2D eigenvalue weighted by molar-refractivity contribution is 0.313. The van der Waals surface area contributed by atoms with Crippen molar-refractivity contribution < 1.29 is 0 Å². The lowest BCUT2D eigenvalue weighted by Gasteiger charge is -2.34. The standard InChI is InChI=1S/C16H20ClN5/c1-12-11-18-16(20-15(12)17)19-13-4-3-5-14(10-13)22-8-6-21(2)7-9-22/h3-5,10-11H,6-9H2,1-2H3,(H,18,19,20). The van der Waals surface area contributed by atoms with Gasteiger partial charge in [0.05, 0.1) is 0 Å². The number of hydrogen-bond acceptors (Lipinski definition) is 5. The van der Waals surface area contributed by atoms with Gasteiger partial charge in [-0.2, -0.15) is 0 Å². The molecule has 0 amide bonds. The van der Waals surface area contributed by atoms with Crippen LogP contribution in [0.5, 0.6) is 0 Å². The van der Waals surface area contributed by atoms with E-state index in [4.69, 9.17) is 11.6 Å². The fourth-order valence-corrected chi connectivity index (χ4v) is 2.58. The van der Waals surface area contributed by atoms with Crippen LogP contribution in [0.25, 0.3) is 0 Å². The second-order valence-corrected chi connectivity index (χ2v) is 5.99. The topological polar surface area (TPSA) is 44.3 Å². The van der Waals surface area contributed by atoms with Crippen molar-refractivity contribution in [1.29, 1.82) is 0 Å². The van der Waals surface area contributed by atoms with E-state index in [1.165, 1.54) is 5.69 Å². The summed E-state index contributed by atoms with van der Waals surface area (Å²) in [6, 6.07) is 8.32. The molecule has 116 valence electrons. The Balaban J connectivity index is 1.74. The first-order valence-corrected chi connectivity index (χ1v) is 7.79. The fraction of sp³-hybridized carbons (Fsp3) is 0.375. The highest BCUT2D eigenvalue weighted by atomic mass is 35.5. The molecule has 3 rings (SSSR count). The van der Waals surface area contributed by atoms with Crippen molar-refractivity contribution in [2.45, 2.75) is 6.92 Å². The number of rotatable bonds is 3. The molecular weight excluding hydrogens is 298 g/mol. The van der Waals surface area contributed by atoms with Crippen LogP contribution in [0.15, 0.2) is 30.5 Å². The number of halogens is 1. The predicted molar refractivity (Wildman–Crippen MR) is 91.2 cm³/mol. The van der Waals surface area contributed by atoms with E-state index >= 15 is 0 Å². The minimum atomic E-state index is 0.479. The molecule has 6 heteroatoms. The van der Waals surface area contributed by atoms with Gasteiger partial charge in [-0.25, -0.2) is 9.97 Å². The van der Waals surface area contributed by atoms with Crippen LogP contribution in [0.4, 0.5) is 17.3 Å². The Morgan fingerprint density at radius 3 is 2.68 bits per heavy atom. The average Bonchev–Trinajstić information content (AvgIpc) is 2.52. The molecule has 1 fully saturated rings. The van der Waals surface area contributed by atoms with E-state index in [-0.39, 0.29) is 0 Å². The smallest absolute Gasteiger partial charge is 0.228 e. The van der Waals surface area contributed by atoms with Gasteiger partial charge in [0.15, 0.2) is 0 Å². The molecule has 0 saturated carbocycles. The normalized spacial score (nSPS) is 15.9. The van der Waals surface area contributed by atoms with Gasteiger partial charge in [0, 0.05) is 49.3 Å². The molecule has 1 aromatic carbocycles. The number of nitrogens with zero attached hydrogens (tertiary/aromatic N) is 4. The van der Waals surface area contributed by atoms with Gasteiger partial charge in [0.2, 0.25) is 5.95 Å². The zero-order chi connectivity index (χ0) is 15.5. The van der Waals surface area contributed by atoms with E-state index in [1.807, 2.05) is 19.1 Å². The van der Waals surface area contributed by atoms with Crippen LogP contribution in [-0.4, -0.2) is 48.1 Å². The number of anilines is 3. The van der Waals surface area contributed by atoms with Crippen molar-refractivity contribution in [3.8, 4) is 0 Å². The van der Waals surface area contributed by atoms with Gasteiger partial charge in [-0.3, -0.25) is 0 Å². The number of hydrogen-bond donors (Lipinski definition) is 1. The molecule has 1 saturated heterocycles. The number of benzene rings is 1. The first kappa shape index (κ1) is 15.1. The number of likely N-dealkylation sites (N-methyl/N-ethyl adjacent to an activating group) is 1. The van der Waals surface area contributed by atoms with Gasteiger partial charge in [-0.05, 0) is 32.2 Å². The van der Waals surface area contributed by atoms with Crippen LogP contribution in [0.1, 0.15) is 5.56 Å². The molecule has 1 aliphatic rings. The van der Waals surface area contributed by atoms with E-state index in [1.54, 1.807) is 6.20 Å². The van der Waals surface area contributed by atoms with Crippen LogP contribution in [0.2, 0.25) is 5.15 Å². The van der Waals surface area contributed by atoms with Gasteiger partial charge in [0.25, 0.3) is 0 Å². The summed E-state index contributed by atoms with van der Waals surface area (Å²) in [5, 5.41) is 3.70. The van der Waals surface area contributed by atoms with E-state index in [0.29, 0.717) is 11.1 Å². The third-order valence-corrected chi connectivity index (χ3v) is 4.26. The Labute approximate surface area is 135 Å². The van der Waals surface area contributed by atoms with Crippen LogP contribution in [-0.2, 0) is 0 Å². The molecule has 1 aromatic heterocycles. The minimum Gasteiger partial charge on any atom is -0.369 e. The highest BCUT2D eigenvalue weighted by Crippen LogP contribution is 2.23. The molecular formula is C16H20ClN5. The summed E-state index contributed by atoms with van der Waals surface area (Å²) >= 11 is 6.04. The first-order valence-electron chi connectivity index (χ1n) is 7.41. The largest absolute Gasteiger partial charge is 0.369 e. The monoisotopic (exact) mass is 317 g/mol. The Bertz CT molecular complexity index is 653. The molecule has 2 aromatic rings. The number of nitrogens with one attached hydrogen (secondary N) is 1. The van der Waals surface area contributed by atoms with Gasteiger partial charge >= 0.3 is 0 Å². The van der Waals surface area contributed by atoms with Crippen molar-refractivity contribution >= 4 is 28.9 Å². The zero-order valence-corrected chi connectivity index (χ0v) is 13.6. The molecule has 0 radical (unpaired) electrons. The molecule has 1 aliphatic heterocycles. The maximum atomic E-state index is 6.04.